The molecule has 414 valence electrons. The van der Waals surface area contributed by atoms with Crippen LogP contribution in [0.2, 0.25) is 0 Å². The quantitative estimate of drug-likeness (QED) is 0.145. The van der Waals surface area contributed by atoms with Crippen molar-refractivity contribution in [2.75, 3.05) is 0 Å². The highest BCUT2D eigenvalue weighted by atomic mass is 19.5. The summed E-state index contributed by atoms with van der Waals surface area (Å²) in [6.07, 6.45) is -34.9. The lowest BCUT2D eigenvalue weighted by atomic mass is 9.78. The van der Waals surface area contributed by atoms with Gasteiger partial charge in [0.15, 0.2) is 0 Å². The molecule has 0 unspecified atom stereocenters. The molecule has 0 spiro atoms. The zero-order valence-corrected chi connectivity index (χ0v) is 29.8. The third-order valence-corrected chi connectivity index (χ3v) is 8.67. The third kappa shape index (κ3) is 7.88. The van der Waals surface area contributed by atoms with Gasteiger partial charge in [-0.15, -0.1) is 0 Å². The van der Waals surface area contributed by atoms with Gasteiger partial charge in [-0.05, 0) is 12.1 Å². The monoisotopic (exact) mass is 1150 g/mol. The summed E-state index contributed by atoms with van der Waals surface area (Å²) in [5, 5.41) is 0. The van der Waals surface area contributed by atoms with Crippen molar-refractivity contribution in [3.63, 3.8) is 0 Å². The van der Waals surface area contributed by atoms with E-state index in [0.717, 1.165) is 0 Å². The van der Waals surface area contributed by atoms with Crippen molar-refractivity contribution >= 4 is 0 Å². The summed E-state index contributed by atoms with van der Waals surface area (Å²) in [6.45, 7) is 0. The summed E-state index contributed by atoms with van der Waals surface area (Å²) in [4.78, 5) is 0. The molecule has 0 nitrogen and oxygen atoms in total. The van der Waals surface area contributed by atoms with Crippen LogP contribution < -0.4 is 0 Å². The first-order valence-corrected chi connectivity index (χ1v) is 15.0. The van der Waals surface area contributed by atoms with Gasteiger partial charge in [-0.25, -0.2) is 0 Å². The maximum absolute atomic E-state index is 15.3. The minimum absolute atomic E-state index is 4.23. The van der Waals surface area contributed by atoms with Gasteiger partial charge in [-0.1, -0.05) is 0 Å². The average molecular weight is 1150 g/mol. The summed E-state index contributed by atoms with van der Waals surface area (Å²) in [5.41, 5.74) is -25.5. The van der Waals surface area contributed by atoms with Crippen LogP contribution in [0.4, 0.5) is 193 Å². The van der Waals surface area contributed by atoms with Crippen molar-refractivity contribution in [1.29, 1.82) is 0 Å². The van der Waals surface area contributed by atoms with E-state index in [4.69, 9.17) is 0 Å². The van der Waals surface area contributed by atoms with Crippen molar-refractivity contribution in [3.8, 4) is 0 Å². The Morgan fingerprint density at radius 1 is 0.143 bits per heavy atom. The number of benzene rings is 1. The second-order valence-electron chi connectivity index (χ2n) is 13.1. The summed E-state index contributed by atoms with van der Waals surface area (Å²) in [6, 6.07) is -8.46. The van der Waals surface area contributed by atoms with Crippen molar-refractivity contribution in [2.45, 2.75) is 119 Å². The molecule has 0 radical (unpaired) electrons. The zero-order chi connectivity index (χ0) is 57.7. The first-order chi connectivity index (χ1) is 29.5. The number of rotatable bonds is 16. The second kappa shape index (κ2) is 15.8. The van der Waals surface area contributed by atoms with E-state index in [1.165, 1.54) is 0 Å². The number of halogens is 44. The standard InChI is InChI=1S/C26H2F44/c27-7(28,11(35,36)15(43,44)19(51,52)23(59,60)61)3-1-4(8(29,30)12(37,38)16(45,46)20(53,54)24(62,63)64)6(10(33,34)14(41,42)18(49,50)22(57,58)26(68,69)70)2-5(3)9(31,32)13(39,40)17(47,48)21(55,56)25(65,66)67/h1-2H. The molecule has 0 aliphatic rings. The fraction of sp³-hybridized carbons (Fsp3) is 0.769. The predicted molar refractivity (Wildman–Crippen MR) is 126 cm³/mol. The molecule has 0 N–H and O–H groups in total. The van der Waals surface area contributed by atoms with Crippen LogP contribution in [0.15, 0.2) is 12.1 Å². The molecule has 1 aromatic rings. The van der Waals surface area contributed by atoms with Crippen molar-refractivity contribution in [2.24, 2.45) is 0 Å². The molecule has 1 aromatic carbocycles. The fourth-order valence-electron chi connectivity index (χ4n) is 4.60. The van der Waals surface area contributed by atoms with Gasteiger partial charge < -0.3 is 0 Å². The van der Waals surface area contributed by atoms with Crippen LogP contribution in [0, 0.1) is 0 Å². The van der Waals surface area contributed by atoms with Crippen molar-refractivity contribution in [3.05, 3.63) is 34.4 Å². The number of alkyl halides is 44. The van der Waals surface area contributed by atoms with Gasteiger partial charge in [0, 0.05) is 22.3 Å². The summed E-state index contributed by atoms with van der Waals surface area (Å²) < 4.78 is 611. The zero-order valence-electron chi connectivity index (χ0n) is 29.8. The summed E-state index contributed by atoms with van der Waals surface area (Å²) in [5.74, 6) is -154. The Bertz CT molecular complexity index is 1780. The minimum atomic E-state index is -9.91. The van der Waals surface area contributed by atoms with Crippen LogP contribution in [-0.2, 0) is 23.7 Å². The number of hydrogen-bond donors (Lipinski definition) is 0. The fourth-order valence-corrected chi connectivity index (χ4v) is 4.60. The average Bonchev–Trinajstić information content (AvgIpc) is 3.11. The van der Waals surface area contributed by atoms with Gasteiger partial charge in [0.1, 0.15) is 0 Å². The molecule has 0 bridgehead atoms. The molecule has 44 heteroatoms. The third-order valence-electron chi connectivity index (χ3n) is 8.67. The van der Waals surface area contributed by atoms with Crippen LogP contribution in [0.1, 0.15) is 22.3 Å². The van der Waals surface area contributed by atoms with Crippen molar-refractivity contribution in [1.82, 2.24) is 0 Å². The van der Waals surface area contributed by atoms with E-state index in [-0.39, 0.29) is 0 Å². The molecular formula is C26H2F44. The Kier molecular flexibility index (Phi) is 14.5. The lowest BCUT2D eigenvalue weighted by molar-refractivity contribution is -0.429. The Morgan fingerprint density at radius 3 is 0.329 bits per heavy atom. The summed E-state index contributed by atoms with van der Waals surface area (Å²) >= 11 is 0. The molecule has 1 rings (SSSR count). The first kappa shape index (κ1) is 64.2. The minimum Gasteiger partial charge on any atom is -0.194 e. The lowest BCUT2D eigenvalue weighted by Crippen LogP contribution is -2.67. The second-order valence-corrected chi connectivity index (χ2v) is 13.1. The van der Waals surface area contributed by atoms with Gasteiger partial charge >= 0.3 is 119 Å². The van der Waals surface area contributed by atoms with E-state index in [1.807, 2.05) is 0 Å². The van der Waals surface area contributed by atoms with E-state index >= 15 is 35.1 Å². The van der Waals surface area contributed by atoms with Crippen LogP contribution in [0.5, 0.6) is 0 Å². The molecule has 70 heavy (non-hydrogen) atoms. The predicted octanol–water partition coefficient (Wildman–Crippen LogP) is 15.9. The molecule has 0 fully saturated rings. The SMILES string of the molecule is FC(F)(F)C(F)(F)C(F)(F)C(F)(F)C(F)(F)c1cc(C(F)(F)C(F)(F)C(F)(F)C(F)(F)C(F)(F)F)c(C(F)(F)C(F)(F)C(F)(F)C(F)(F)C(F)(F)F)cc1C(F)(F)C(F)(F)C(F)(F)C(F)(F)C(F)(F)F. The maximum Gasteiger partial charge on any atom is 0.460 e. The summed E-state index contributed by atoms with van der Waals surface area (Å²) in [7, 11) is 0. The Hall–Kier alpha value is -3.86. The molecular weight excluding hydrogens is 1150 g/mol. The molecule has 0 saturated heterocycles. The highest BCUT2D eigenvalue weighted by molar-refractivity contribution is 5.50. The van der Waals surface area contributed by atoms with E-state index < -0.39 is 154 Å². The van der Waals surface area contributed by atoms with Gasteiger partial charge in [0.25, 0.3) is 0 Å². The molecule has 0 amide bonds. The molecule has 0 saturated carbocycles. The van der Waals surface area contributed by atoms with Gasteiger partial charge in [-0.3, -0.25) is 0 Å². The largest absolute Gasteiger partial charge is 0.460 e. The van der Waals surface area contributed by atoms with Gasteiger partial charge in [0.05, 0.1) is 0 Å². The van der Waals surface area contributed by atoms with Crippen LogP contribution in [0.25, 0.3) is 0 Å². The Morgan fingerprint density at radius 2 is 0.243 bits per heavy atom. The first-order valence-electron chi connectivity index (χ1n) is 15.0. The van der Waals surface area contributed by atoms with Crippen LogP contribution in [-0.4, -0.2) is 95.8 Å². The highest BCUT2D eigenvalue weighted by Gasteiger charge is 2.93. The lowest BCUT2D eigenvalue weighted by Gasteiger charge is -2.43. The molecule has 0 aromatic heterocycles. The molecule has 0 aliphatic carbocycles. The topological polar surface area (TPSA) is 0 Å². The van der Waals surface area contributed by atoms with E-state index in [0.29, 0.717) is 0 Å². The molecule has 0 atom stereocenters. The number of hydrogen-bond acceptors (Lipinski definition) is 0. The normalized spacial score (nSPS) is 16.9. The Labute approximate surface area is 348 Å². The van der Waals surface area contributed by atoms with E-state index in [2.05, 4.69) is 0 Å². The van der Waals surface area contributed by atoms with E-state index in [1.54, 1.807) is 0 Å². The Balaban J connectivity index is 5.55. The smallest absolute Gasteiger partial charge is 0.194 e. The van der Waals surface area contributed by atoms with Crippen molar-refractivity contribution < 1.29 is 193 Å². The van der Waals surface area contributed by atoms with Crippen LogP contribution >= 0.6 is 0 Å². The maximum atomic E-state index is 15.3. The van der Waals surface area contributed by atoms with Gasteiger partial charge in [0.2, 0.25) is 0 Å². The van der Waals surface area contributed by atoms with Crippen LogP contribution in [0.3, 0.4) is 0 Å². The highest BCUT2D eigenvalue weighted by Crippen LogP contribution is 2.69. The molecule has 0 aliphatic heterocycles. The van der Waals surface area contributed by atoms with E-state index in [9.17, 15) is 158 Å². The molecule has 0 heterocycles. The van der Waals surface area contributed by atoms with Gasteiger partial charge in [-0.2, -0.15) is 193 Å².